The van der Waals surface area contributed by atoms with E-state index in [0.717, 1.165) is 5.56 Å². The standard InChI is InChI=1S/C17H18FNO3/c1-21-16-10-6-5-9-14(16)15(11-18)19-17(20)22-12-13-7-3-2-4-8-13/h2-10,15H,11-12H2,1H3,(H,19,20). The molecule has 0 saturated carbocycles. The molecule has 0 aromatic heterocycles. The number of para-hydroxylation sites is 1. The minimum absolute atomic E-state index is 0.137. The maximum absolute atomic E-state index is 13.3. The molecule has 2 rings (SSSR count). The van der Waals surface area contributed by atoms with Crippen molar-refractivity contribution in [1.82, 2.24) is 5.32 Å². The summed E-state index contributed by atoms with van der Waals surface area (Å²) in [6, 6.07) is 15.5. The number of hydrogen-bond donors (Lipinski definition) is 1. The van der Waals surface area contributed by atoms with Crippen LogP contribution in [0.4, 0.5) is 9.18 Å². The van der Waals surface area contributed by atoms with Gasteiger partial charge in [0, 0.05) is 5.56 Å². The first-order chi connectivity index (χ1) is 10.7. The molecule has 1 N–H and O–H groups in total. The van der Waals surface area contributed by atoms with Crippen molar-refractivity contribution in [2.24, 2.45) is 0 Å². The van der Waals surface area contributed by atoms with Gasteiger partial charge in [-0.2, -0.15) is 0 Å². The Labute approximate surface area is 128 Å². The van der Waals surface area contributed by atoms with E-state index in [9.17, 15) is 9.18 Å². The molecule has 5 heteroatoms. The molecule has 116 valence electrons. The first-order valence-corrected chi connectivity index (χ1v) is 6.90. The second-order valence-corrected chi connectivity index (χ2v) is 4.65. The number of carbonyl (C=O) groups excluding carboxylic acids is 1. The number of rotatable bonds is 6. The van der Waals surface area contributed by atoms with E-state index < -0.39 is 18.8 Å². The highest BCUT2D eigenvalue weighted by Gasteiger charge is 2.18. The van der Waals surface area contributed by atoms with Crippen LogP contribution in [-0.4, -0.2) is 19.9 Å². The zero-order chi connectivity index (χ0) is 15.8. The van der Waals surface area contributed by atoms with Crippen LogP contribution in [0.15, 0.2) is 54.6 Å². The Balaban J connectivity index is 1.96. The molecule has 0 fully saturated rings. The van der Waals surface area contributed by atoms with Gasteiger partial charge in [-0.15, -0.1) is 0 Å². The van der Waals surface area contributed by atoms with Crippen molar-refractivity contribution in [1.29, 1.82) is 0 Å². The van der Waals surface area contributed by atoms with Crippen LogP contribution in [-0.2, 0) is 11.3 Å². The third-order valence-electron chi connectivity index (χ3n) is 3.17. The molecule has 22 heavy (non-hydrogen) atoms. The van der Waals surface area contributed by atoms with Gasteiger partial charge in [0.05, 0.1) is 13.2 Å². The molecule has 0 spiro atoms. The van der Waals surface area contributed by atoms with Crippen molar-refractivity contribution in [3.63, 3.8) is 0 Å². The second kappa shape index (κ2) is 8.02. The molecule has 1 unspecified atom stereocenters. The predicted octanol–water partition coefficient (Wildman–Crippen LogP) is 3.63. The summed E-state index contributed by atoms with van der Waals surface area (Å²) < 4.78 is 23.5. The lowest BCUT2D eigenvalue weighted by Gasteiger charge is -2.18. The molecule has 2 aromatic carbocycles. The SMILES string of the molecule is COc1ccccc1C(CF)NC(=O)OCc1ccccc1. The number of hydrogen-bond acceptors (Lipinski definition) is 3. The molecule has 0 aliphatic carbocycles. The summed E-state index contributed by atoms with van der Waals surface area (Å²) in [5.41, 5.74) is 1.44. The van der Waals surface area contributed by atoms with Crippen LogP contribution in [0, 0.1) is 0 Å². The largest absolute Gasteiger partial charge is 0.496 e. The lowest BCUT2D eigenvalue weighted by atomic mass is 10.1. The fraction of sp³-hybridized carbons (Fsp3) is 0.235. The van der Waals surface area contributed by atoms with Crippen molar-refractivity contribution in [3.8, 4) is 5.75 Å². The maximum Gasteiger partial charge on any atom is 0.408 e. The van der Waals surface area contributed by atoms with Crippen molar-refractivity contribution in [3.05, 3.63) is 65.7 Å². The van der Waals surface area contributed by atoms with Gasteiger partial charge in [-0.1, -0.05) is 48.5 Å². The van der Waals surface area contributed by atoms with E-state index in [1.807, 2.05) is 30.3 Å². The Morgan fingerprint density at radius 1 is 1.14 bits per heavy atom. The molecule has 1 atom stereocenters. The molecule has 0 aliphatic rings. The van der Waals surface area contributed by atoms with Crippen LogP contribution >= 0.6 is 0 Å². The van der Waals surface area contributed by atoms with Crippen LogP contribution in [0.25, 0.3) is 0 Å². The number of nitrogens with one attached hydrogen (secondary N) is 1. The zero-order valence-electron chi connectivity index (χ0n) is 12.3. The zero-order valence-corrected chi connectivity index (χ0v) is 12.3. The summed E-state index contributed by atoms with van der Waals surface area (Å²) in [6.07, 6.45) is -0.669. The molecule has 4 nitrogen and oxygen atoms in total. The number of amides is 1. The number of alkyl halides is 1. The molecule has 0 aliphatic heterocycles. The number of ether oxygens (including phenoxy) is 2. The summed E-state index contributed by atoms with van der Waals surface area (Å²) in [4.78, 5) is 11.8. The lowest BCUT2D eigenvalue weighted by molar-refractivity contribution is 0.133. The topological polar surface area (TPSA) is 47.6 Å². The van der Waals surface area contributed by atoms with E-state index in [1.165, 1.54) is 7.11 Å². The molecule has 2 aromatic rings. The number of alkyl carbamates (subject to hydrolysis) is 1. The van der Waals surface area contributed by atoms with Crippen LogP contribution < -0.4 is 10.1 Å². The molecule has 0 saturated heterocycles. The van der Waals surface area contributed by atoms with Gasteiger partial charge >= 0.3 is 6.09 Å². The van der Waals surface area contributed by atoms with Gasteiger partial charge in [-0.05, 0) is 11.6 Å². The van der Waals surface area contributed by atoms with E-state index in [-0.39, 0.29) is 6.61 Å². The monoisotopic (exact) mass is 303 g/mol. The van der Waals surface area contributed by atoms with E-state index >= 15 is 0 Å². The highest BCUT2D eigenvalue weighted by atomic mass is 19.1. The Morgan fingerprint density at radius 3 is 2.50 bits per heavy atom. The van der Waals surface area contributed by atoms with Crippen LogP contribution in [0.5, 0.6) is 5.75 Å². The minimum Gasteiger partial charge on any atom is -0.496 e. The lowest BCUT2D eigenvalue weighted by Crippen LogP contribution is -2.30. The van der Waals surface area contributed by atoms with Crippen molar-refractivity contribution in [2.75, 3.05) is 13.8 Å². The first-order valence-electron chi connectivity index (χ1n) is 6.90. The van der Waals surface area contributed by atoms with E-state index in [1.54, 1.807) is 24.3 Å². The third kappa shape index (κ3) is 4.22. The fourth-order valence-electron chi connectivity index (χ4n) is 2.06. The maximum atomic E-state index is 13.3. The van der Waals surface area contributed by atoms with Gasteiger partial charge < -0.3 is 14.8 Å². The van der Waals surface area contributed by atoms with Gasteiger partial charge in [0.1, 0.15) is 19.0 Å². The number of benzene rings is 2. The summed E-state index contributed by atoms with van der Waals surface area (Å²) in [5.74, 6) is 0.522. The Morgan fingerprint density at radius 2 is 1.82 bits per heavy atom. The van der Waals surface area contributed by atoms with Gasteiger partial charge in [-0.3, -0.25) is 0 Å². The molecule has 0 heterocycles. The van der Waals surface area contributed by atoms with Crippen molar-refractivity contribution < 1.29 is 18.7 Å². The normalized spacial score (nSPS) is 11.5. The van der Waals surface area contributed by atoms with Crippen LogP contribution in [0.1, 0.15) is 17.2 Å². The smallest absolute Gasteiger partial charge is 0.408 e. The number of methoxy groups -OCH3 is 1. The van der Waals surface area contributed by atoms with E-state index in [2.05, 4.69) is 5.32 Å². The Bertz CT molecular complexity index is 604. The average molecular weight is 303 g/mol. The van der Waals surface area contributed by atoms with Gasteiger partial charge in [0.2, 0.25) is 0 Å². The van der Waals surface area contributed by atoms with Crippen LogP contribution in [0.3, 0.4) is 0 Å². The summed E-state index contributed by atoms with van der Waals surface area (Å²) in [5, 5.41) is 2.51. The fourth-order valence-corrected chi connectivity index (χ4v) is 2.06. The van der Waals surface area contributed by atoms with E-state index in [0.29, 0.717) is 11.3 Å². The summed E-state index contributed by atoms with van der Waals surface area (Å²) >= 11 is 0. The molecule has 0 radical (unpaired) electrons. The minimum atomic E-state index is -0.806. The number of halogens is 1. The van der Waals surface area contributed by atoms with Gasteiger partial charge in [0.25, 0.3) is 0 Å². The highest BCUT2D eigenvalue weighted by Crippen LogP contribution is 2.25. The third-order valence-corrected chi connectivity index (χ3v) is 3.17. The molecular formula is C17H18FNO3. The first kappa shape index (κ1) is 15.8. The van der Waals surface area contributed by atoms with Crippen LogP contribution in [0.2, 0.25) is 0 Å². The molecule has 1 amide bonds. The van der Waals surface area contributed by atoms with Gasteiger partial charge in [-0.25, -0.2) is 9.18 Å². The average Bonchev–Trinajstić information content (AvgIpc) is 2.58. The predicted molar refractivity (Wildman–Crippen MR) is 81.5 cm³/mol. The molecule has 0 bridgehead atoms. The second-order valence-electron chi connectivity index (χ2n) is 4.65. The van der Waals surface area contributed by atoms with Gasteiger partial charge in [0.15, 0.2) is 0 Å². The summed E-state index contributed by atoms with van der Waals surface area (Å²) in [7, 11) is 1.50. The quantitative estimate of drug-likeness (QED) is 0.886. The number of carbonyl (C=O) groups is 1. The van der Waals surface area contributed by atoms with E-state index in [4.69, 9.17) is 9.47 Å². The highest BCUT2D eigenvalue weighted by molar-refractivity contribution is 5.68. The van der Waals surface area contributed by atoms with Crippen molar-refractivity contribution >= 4 is 6.09 Å². The van der Waals surface area contributed by atoms with Crippen molar-refractivity contribution in [2.45, 2.75) is 12.6 Å². The molecular weight excluding hydrogens is 285 g/mol. The Hall–Kier alpha value is -2.56. The summed E-state index contributed by atoms with van der Waals surface area (Å²) in [6.45, 7) is -0.613. The Kier molecular flexibility index (Phi) is 5.77.